The highest BCUT2D eigenvalue weighted by molar-refractivity contribution is 5.99. The first kappa shape index (κ1) is 9.86. The van der Waals surface area contributed by atoms with Gasteiger partial charge in [-0.15, -0.1) is 0 Å². The molecule has 0 N–H and O–H groups in total. The van der Waals surface area contributed by atoms with E-state index in [9.17, 15) is 15.2 Å². The van der Waals surface area contributed by atoms with E-state index in [0.717, 1.165) is 6.07 Å². The van der Waals surface area contributed by atoms with Gasteiger partial charge in [0, 0.05) is 0 Å². The molecule has 0 amide bonds. The van der Waals surface area contributed by atoms with E-state index in [4.69, 9.17) is 5.39 Å². The molecule has 0 radical (unpaired) electrons. The minimum atomic E-state index is -0.615. The van der Waals surface area contributed by atoms with Crippen LogP contribution in [0.25, 0.3) is 15.7 Å². The Bertz CT molecular complexity index is 631. The maximum absolute atomic E-state index is 11.7. The molecule has 6 nitrogen and oxygen atoms in total. The monoisotopic (exact) mass is 215 g/mol. The molecule has 2 aromatic carbocycles. The lowest BCUT2D eigenvalue weighted by atomic mass is 10.1. The van der Waals surface area contributed by atoms with Crippen molar-refractivity contribution in [3.63, 3.8) is 0 Å². The fraction of sp³-hybridized carbons (Fsp3) is 0. The van der Waals surface area contributed by atoms with Crippen LogP contribution in [0.2, 0.25) is 0 Å². The molecule has 0 aliphatic heterocycles. The number of hydrogen-bond acceptors (Lipinski definition) is 4. The number of rotatable bonds is 1. The maximum atomic E-state index is 11.7. The molecule has 0 saturated heterocycles. The van der Waals surface area contributed by atoms with Crippen LogP contribution in [-0.2, 0) is 0 Å². The van der Waals surface area contributed by atoms with Crippen LogP contribution in [0, 0.1) is 15.5 Å². The van der Waals surface area contributed by atoms with E-state index in [1.54, 1.807) is 12.1 Å². The summed E-state index contributed by atoms with van der Waals surface area (Å²) in [5.41, 5.74) is -0.576. The summed E-state index contributed by atoms with van der Waals surface area (Å²) >= 11 is 0. The molecule has 0 bridgehead atoms. The lowest BCUT2D eigenvalue weighted by molar-refractivity contribution is -0.383. The van der Waals surface area contributed by atoms with Crippen LogP contribution in [-0.4, -0.2) is 4.92 Å². The molecule has 0 aliphatic carbocycles. The van der Waals surface area contributed by atoms with Crippen molar-refractivity contribution in [3.8, 4) is 5.75 Å². The van der Waals surface area contributed by atoms with Crippen molar-refractivity contribution in [2.24, 2.45) is 0 Å². The second-order valence-electron chi connectivity index (χ2n) is 3.15. The van der Waals surface area contributed by atoms with Crippen LogP contribution in [0.4, 0.5) is 11.4 Å². The maximum Gasteiger partial charge on any atom is 0.384 e. The smallest absolute Gasteiger partial charge is 0.384 e. The largest absolute Gasteiger partial charge is 0.867 e. The van der Waals surface area contributed by atoms with Gasteiger partial charge in [-0.25, -0.2) is 0 Å². The number of nitro groups is 1. The highest BCUT2D eigenvalue weighted by Crippen LogP contribution is 2.38. The fourth-order valence-corrected chi connectivity index (χ4v) is 1.54. The fourth-order valence-electron chi connectivity index (χ4n) is 1.54. The van der Waals surface area contributed by atoms with Gasteiger partial charge >= 0.3 is 5.69 Å². The molecule has 16 heavy (non-hydrogen) atoms. The number of diazo groups is 1. The first-order chi connectivity index (χ1) is 7.65. The van der Waals surface area contributed by atoms with Gasteiger partial charge in [-0.2, -0.15) is 0 Å². The van der Waals surface area contributed by atoms with Crippen molar-refractivity contribution < 1.29 is 10.0 Å². The summed E-state index contributed by atoms with van der Waals surface area (Å²) in [6.07, 6.45) is 0. The molecule has 0 unspecified atom stereocenters. The minimum absolute atomic E-state index is 0.171. The van der Waals surface area contributed by atoms with Gasteiger partial charge in [0.05, 0.1) is 10.3 Å². The number of fused-ring (bicyclic) bond motifs is 1. The van der Waals surface area contributed by atoms with Crippen LogP contribution in [0.15, 0.2) is 30.3 Å². The molecule has 78 valence electrons. The van der Waals surface area contributed by atoms with Crippen molar-refractivity contribution in [1.82, 2.24) is 0 Å². The molecular formula is C10H5N3O3. The Morgan fingerprint density at radius 2 is 1.88 bits per heavy atom. The Kier molecular flexibility index (Phi) is 2.14. The normalized spacial score (nSPS) is 9.94. The van der Waals surface area contributed by atoms with Crippen molar-refractivity contribution in [2.75, 3.05) is 0 Å². The molecular weight excluding hydrogens is 210 g/mol. The lowest BCUT2D eigenvalue weighted by Gasteiger charge is -2.06. The predicted octanol–water partition coefficient (Wildman–Crippen LogP) is 2.31. The number of benzene rings is 2. The SMILES string of the molecule is N#[N+]c1cc([N+](=O)[O-])c2ccccc2c1[O-]. The Morgan fingerprint density at radius 3 is 2.44 bits per heavy atom. The zero-order valence-corrected chi connectivity index (χ0v) is 7.95. The Hall–Kier alpha value is -2.68. The van der Waals surface area contributed by atoms with Gasteiger partial charge in [0.2, 0.25) is 5.39 Å². The van der Waals surface area contributed by atoms with Gasteiger partial charge in [-0.1, -0.05) is 18.2 Å². The van der Waals surface area contributed by atoms with Crippen LogP contribution in [0.5, 0.6) is 5.75 Å². The second kappa shape index (κ2) is 3.47. The number of nitrogens with zero attached hydrogens (tertiary/aromatic N) is 3. The summed E-state index contributed by atoms with van der Waals surface area (Å²) in [5.74, 6) is -0.524. The van der Waals surface area contributed by atoms with Gasteiger partial charge < -0.3 is 5.11 Å². The second-order valence-corrected chi connectivity index (χ2v) is 3.15. The summed E-state index contributed by atoms with van der Waals surface area (Å²) in [5, 5.41) is 31.4. The Labute approximate surface area is 89.5 Å². The van der Waals surface area contributed by atoms with E-state index in [2.05, 4.69) is 4.98 Å². The molecule has 0 spiro atoms. The number of hydrogen-bond donors (Lipinski definition) is 0. The van der Waals surface area contributed by atoms with E-state index in [0.29, 0.717) is 0 Å². The standard InChI is InChI=1S/C10H5N3O3/c11-12-8-5-9(13(15)16)6-3-1-2-4-7(6)10(8)14/h1-5H. The molecule has 0 aromatic heterocycles. The molecule has 6 heteroatoms. The van der Waals surface area contributed by atoms with Crippen LogP contribution >= 0.6 is 0 Å². The van der Waals surface area contributed by atoms with E-state index in [1.165, 1.54) is 12.1 Å². The van der Waals surface area contributed by atoms with E-state index < -0.39 is 10.7 Å². The van der Waals surface area contributed by atoms with Gasteiger partial charge in [-0.05, 0) is 17.2 Å². The third-order valence-corrected chi connectivity index (χ3v) is 2.26. The molecule has 0 fully saturated rings. The molecule has 0 heterocycles. The highest BCUT2D eigenvalue weighted by atomic mass is 16.6. The lowest BCUT2D eigenvalue weighted by Crippen LogP contribution is -1.95. The van der Waals surface area contributed by atoms with Crippen molar-refractivity contribution in [3.05, 3.63) is 45.4 Å². The topological polar surface area (TPSA) is 94.3 Å². The van der Waals surface area contributed by atoms with E-state index >= 15 is 0 Å². The summed E-state index contributed by atoms with van der Waals surface area (Å²) in [7, 11) is 0. The average molecular weight is 215 g/mol. The zero-order valence-electron chi connectivity index (χ0n) is 7.95. The summed E-state index contributed by atoms with van der Waals surface area (Å²) in [4.78, 5) is 12.9. The van der Waals surface area contributed by atoms with Gasteiger partial charge in [0.1, 0.15) is 6.07 Å². The Balaban J connectivity index is 2.97. The van der Waals surface area contributed by atoms with Gasteiger partial charge in [0.15, 0.2) is 4.98 Å². The van der Waals surface area contributed by atoms with Crippen LogP contribution in [0.3, 0.4) is 0 Å². The molecule has 0 aliphatic rings. The average Bonchev–Trinajstić information content (AvgIpc) is 2.29. The highest BCUT2D eigenvalue weighted by Gasteiger charge is 2.20. The van der Waals surface area contributed by atoms with E-state index in [1.807, 2.05) is 0 Å². The molecule has 2 rings (SSSR count). The van der Waals surface area contributed by atoms with Gasteiger partial charge in [0.25, 0.3) is 5.69 Å². The summed E-state index contributed by atoms with van der Waals surface area (Å²) in [6.45, 7) is 0. The van der Waals surface area contributed by atoms with Crippen molar-refractivity contribution in [1.29, 1.82) is 5.39 Å². The summed E-state index contributed by atoms with van der Waals surface area (Å²) < 4.78 is 0. The molecule has 0 saturated carbocycles. The molecule has 0 atom stereocenters. The quantitative estimate of drug-likeness (QED) is 0.414. The van der Waals surface area contributed by atoms with Crippen molar-refractivity contribution >= 4 is 22.1 Å². The molecule has 2 aromatic rings. The minimum Gasteiger partial charge on any atom is -0.867 e. The van der Waals surface area contributed by atoms with Gasteiger partial charge in [-0.3, -0.25) is 10.1 Å². The van der Waals surface area contributed by atoms with E-state index in [-0.39, 0.29) is 22.1 Å². The van der Waals surface area contributed by atoms with Crippen LogP contribution < -0.4 is 5.11 Å². The summed E-state index contributed by atoms with van der Waals surface area (Å²) in [6, 6.07) is 7.10. The zero-order chi connectivity index (χ0) is 11.7. The first-order valence-electron chi connectivity index (χ1n) is 4.37. The number of nitro benzene ring substituents is 1. The van der Waals surface area contributed by atoms with Crippen molar-refractivity contribution in [2.45, 2.75) is 0 Å². The Morgan fingerprint density at radius 1 is 1.25 bits per heavy atom. The predicted molar refractivity (Wildman–Crippen MR) is 54.8 cm³/mol. The third kappa shape index (κ3) is 1.31. The third-order valence-electron chi connectivity index (χ3n) is 2.26. The first-order valence-corrected chi connectivity index (χ1v) is 4.37. The van der Waals surface area contributed by atoms with Crippen LogP contribution in [0.1, 0.15) is 0 Å². The number of non-ortho nitro benzene ring substituents is 1.